The zero-order chi connectivity index (χ0) is 18.4. The predicted molar refractivity (Wildman–Crippen MR) is 97.9 cm³/mol. The molecule has 124 valence electrons. The minimum atomic E-state index is -0.290. The number of aromatic nitrogens is 1. The van der Waals surface area contributed by atoms with Crippen LogP contribution < -0.4 is 9.47 Å². The molecule has 1 N–H and O–H groups in total. The van der Waals surface area contributed by atoms with Gasteiger partial charge in [0.05, 0.1) is 0 Å². The number of halogens is 1. The number of carbonyl (C=O) groups excluding carboxylic acids is 1. The van der Waals surface area contributed by atoms with Crippen LogP contribution in [0.3, 0.4) is 0 Å². The molecule has 1 aromatic heterocycles. The van der Waals surface area contributed by atoms with Crippen LogP contribution >= 0.6 is 11.6 Å². The van der Waals surface area contributed by atoms with Crippen molar-refractivity contribution in [1.29, 1.82) is 10.7 Å². The molecule has 0 saturated heterocycles. The molecule has 2 aromatic rings. The van der Waals surface area contributed by atoms with E-state index in [1.165, 1.54) is 6.08 Å². The van der Waals surface area contributed by atoms with Gasteiger partial charge in [0.2, 0.25) is 0 Å². The number of allylic oxidation sites excluding steroid dienone is 3. The number of anilines is 1. The van der Waals surface area contributed by atoms with Crippen LogP contribution in [0.25, 0.3) is 5.70 Å². The van der Waals surface area contributed by atoms with Crippen molar-refractivity contribution >= 4 is 34.6 Å². The number of hydrogen-bond donors (Lipinski definition) is 1. The van der Waals surface area contributed by atoms with E-state index in [2.05, 4.69) is 0 Å². The first kappa shape index (κ1) is 18.2. The fourth-order valence-corrected chi connectivity index (χ4v) is 2.24. The molecule has 0 spiro atoms. The molecule has 0 unspecified atom stereocenters. The first-order valence-electron chi connectivity index (χ1n) is 7.37. The third-order valence-corrected chi connectivity index (χ3v) is 3.73. The lowest BCUT2D eigenvalue weighted by molar-refractivity contribution is -0.576. The number of Topliss-reactive ketones (excluding diaryl/α,β-unsaturated/α-hetero) is 1. The Hall–Kier alpha value is -3.19. The molecule has 0 amide bonds. The van der Waals surface area contributed by atoms with E-state index in [-0.39, 0.29) is 17.1 Å². The molecule has 2 rings (SSSR count). The van der Waals surface area contributed by atoms with Crippen molar-refractivity contribution in [3.05, 3.63) is 71.0 Å². The average Bonchev–Trinajstić information content (AvgIpc) is 2.63. The Morgan fingerprint density at radius 1 is 1.20 bits per heavy atom. The second-order valence-electron chi connectivity index (χ2n) is 5.37. The number of nitriles is 1. The van der Waals surface area contributed by atoms with E-state index in [1.54, 1.807) is 41.2 Å². The van der Waals surface area contributed by atoms with Gasteiger partial charge in [0.1, 0.15) is 11.6 Å². The van der Waals surface area contributed by atoms with E-state index < -0.39 is 0 Å². The second-order valence-corrected chi connectivity index (χ2v) is 5.81. The monoisotopic (exact) mass is 351 g/mol. The van der Waals surface area contributed by atoms with Gasteiger partial charge in [0.25, 0.3) is 11.5 Å². The first-order valence-corrected chi connectivity index (χ1v) is 7.75. The summed E-state index contributed by atoms with van der Waals surface area (Å²) in [4.78, 5) is 14.8. The molecule has 5 nitrogen and oxygen atoms in total. The van der Waals surface area contributed by atoms with Gasteiger partial charge < -0.3 is 4.90 Å². The number of carbonyl (C=O) groups is 1. The van der Waals surface area contributed by atoms with E-state index in [9.17, 15) is 4.79 Å². The lowest BCUT2D eigenvalue weighted by Crippen LogP contribution is -2.36. The first-order chi connectivity index (χ1) is 12.0. The largest absolute Gasteiger partial charge is 0.377 e. The van der Waals surface area contributed by atoms with E-state index in [1.807, 2.05) is 43.1 Å². The number of nitrogens with zero attached hydrogens (tertiary/aromatic N) is 3. The number of nitrogens with one attached hydrogen (secondary N) is 1. The van der Waals surface area contributed by atoms with Crippen LogP contribution in [0.2, 0.25) is 5.02 Å². The predicted octanol–water partition coefficient (Wildman–Crippen LogP) is 3.12. The maximum atomic E-state index is 12.9. The van der Waals surface area contributed by atoms with Crippen molar-refractivity contribution in [3.8, 4) is 6.07 Å². The lowest BCUT2D eigenvalue weighted by atomic mass is 10.1. The van der Waals surface area contributed by atoms with Gasteiger partial charge in [-0.3, -0.25) is 10.2 Å². The summed E-state index contributed by atoms with van der Waals surface area (Å²) in [5, 5.41) is 16.8. The number of hydrogen-bond acceptors (Lipinski definition) is 4. The van der Waals surface area contributed by atoms with E-state index in [0.717, 1.165) is 5.69 Å². The van der Waals surface area contributed by atoms with Gasteiger partial charge in [-0.05, 0) is 30.1 Å². The van der Waals surface area contributed by atoms with Crippen molar-refractivity contribution in [2.75, 3.05) is 19.0 Å². The normalized spacial score (nSPS) is 10.6. The van der Waals surface area contributed by atoms with E-state index in [0.29, 0.717) is 10.6 Å². The lowest BCUT2D eigenvalue weighted by Gasteiger charge is -2.10. The molecule has 0 saturated carbocycles. The summed E-state index contributed by atoms with van der Waals surface area (Å²) < 4.78 is 1.61. The number of pyridine rings is 1. The molecular weight excluding hydrogens is 336 g/mol. The van der Waals surface area contributed by atoms with Gasteiger partial charge in [-0.15, -0.1) is 0 Å². The second kappa shape index (κ2) is 8.07. The van der Waals surface area contributed by atoms with Crippen LogP contribution in [-0.2, 0) is 0 Å². The molecule has 0 fully saturated rings. The average molecular weight is 352 g/mol. The zero-order valence-electron chi connectivity index (χ0n) is 13.8. The summed E-state index contributed by atoms with van der Waals surface area (Å²) in [6, 6.07) is 12.0. The molecule has 1 aromatic carbocycles. The topological polar surface area (TPSA) is 71.8 Å². The Labute approximate surface area is 151 Å². The fraction of sp³-hybridized carbons (Fsp3) is 0.105. The molecule has 0 aliphatic rings. The zero-order valence-corrected chi connectivity index (χ0v) is 14.6. The summed E-state index contributed by atoms with van der Waals surface area (Å²) in [7, 11) is 3.84. The van der Waals surface area contributed by atoms with Crippen molar-refractivity contribution in [2.24, 2.45) is 0 Å². The maximum absolute atomic E-state index is 12.9. The summed E-state index contributed by atoms with van der Waals surface area (Å²) in [6.45, 7) is 0. The van der Waals surface area contributed by atoms with Gasteiger partial charge in [-0.25, -0.2) is 0 Å². The Morgan fingerprint density at radius 3 is 2.28 bits per heavy atom. The van der Waals surface area contributed by atoms with Crippen LogP contribution in [-0.4, -0.2) is 25.7 Å². The SMILES string of the molecule is CN(C)c1cc[n+](C(=CC(=C=N)C#N)C(=O)c2ccc(Cl)cc2)cc1. The highest BCUT2D eigenvalue weighted by Gasteiger charge is 2.22. The van der Waals surface area contributed by atoms with Crippen LogP contribution in [0.4, 0.5) is 5.69 Å². The molecule has 1 heterocycles. The molecule has 0 atom stereocenters. The smallest absolute Gasteiger partial charge is 0.260 e. The van der Waals surface area contributed by atoms with Crippen LogP contribution in [0.15, 0.2) is 60.4 Å². The van der Waals surface area contributed by atoms with Crippen LogP contribution in [0.5, 0.6) is 0 Å². The summed E-state index contributed by atoms with van der Waals surface area (Å²) in [5.74, 6) is 1.74. The van der Waals surface area contributed by atoms with Crippen LogP contribution in [0, 0.1) is 16.7 Å². The molecule has 0 radical (unpaired) electrons. The Morgan fingerprint density at radius 2 is 1.80 bits per heavy atom. The molecule has 0 aliphatic heterocycles. The quantitative estimate of drug-likeness (QED) is 0.225. The maximum Gasteiger partial charge on any atom is 0.260 e. The summed E-state index contributed by atoms with van der Waals surface area (Å²) in [5.41, 5.74) is 1.60. The summed E-state index contributed by atoms with van der Waals surface area (Å²) in [6.07, 6.45) is 4.81. The van der Waals surface area contributed by atoms with Gasteiger partial charge in [0, 0.05) is 48.6 Å². The molecular formula is C19H16ClN4O+. The van der Waals surface area contributed by atoms with Crippen LogP contribution in [0.1, 0.15) is 10.4 Å². The number of rotatable bonds is 5. The number of benzene rings is 1. The van der Waals surface area contributed by atoms with Gasteiger partial charge in [-0.1, -0.05) is 11.6 Å². The molecule has 6 heteroatoms. The van der Waals surface area contributed by atoms with Crippen molar-refractivity contribution in [1.82, 2.24) is 0 Å². The highest BCUT2D eigenvalue weighted by atomic mass is 35.5. The van der Waals surface area contributed by atoms with Crippen molar-refractivity contribution in [2.45, 2.75) is 0 Å². The summed E-state index contributed by atoms with van der Waals surface area (Å²) >= 11 is 5.87. The van der Waals surface area contributed by atoms with E-state index in [4.69, 9.17) is 22.3 Å². The Balaban J connectivity index is 2.54. The Kier molecular flexibility index (Phi) is 5.86. The highest BCUT2D eigenvalue weighted by Crippen LogP contribution is 2.15. The highest BCUT2D eigenvalue weighted by molar-refractivity contribution is 6.31. The van der Waals surface area contributed by atoms with Crippen molar-refractivity contribution < 1.29 is 9.36 Å². The third-order valence-electron chi connectivity index (χ3n) is 3.48. The van der Waals surface area contributed by atoms with Crippen molar-refractivity contribution in [3.63, 3.8) is 0 Å². The number of ketones is 1. The van der Waals surface area contributed by atoms with Gasteiger partial charge >= 0.3 is 0 Å². The molecule has 0 aliphatic carbocycles. The Bertz CT molecular complexity index is 900. The molecule has 25 heavy (non-hydrogen) atoms. The van der Waals surface area contributed by atoms with E-state index >= 15 is 0 Å². The van der Waals surface area contributed by atoms with Gasteiger partial charge in [-0.2, -0.15) is 9.83 Å². The molecule has 0 bridgehead atoms. The third kappa shape index (κ3) is 4.42. The van der Waals surface area contributed by atoms with Gasteiger partial charge in [0.15, 0.2) is 12.4 Å². The minimum absolute atomic E-state index is 0.0403. The fourth-order valence-electron chi connectivity index (χ4n) is 2.12. The standard InChI is InChI=1S/C19H16ClN4O/c1-23(2)17-7-9-24(10-8-17)18(11-14(12-21)13-22)19(25)15-3-5-16(20)6-4-15/h3-11,21H,1-2H3/q+1. The minimum Gasteiger partial charge on any atom is -0.377 e.